The first-order valence-electron chi connectivity index (χ1n) is 6.39. The Morgan fingerprint density at radius 2 is 1.68 bits per heavy atom. The van der Waals surface area contributed by atoms with Gasteiger partial charge in [-0.05, 0) is 49.2 Å². The minimum absolute atomic E-state index is 0.269. The van der Waals surface area contributed by atoms with Crippen LogP contribution < -0.4 is 10.5 Å². The van der Waals surface area contributed by atoms with E-state index in [1.165, 1.54) is 0 Å². The van der Waals surface area contributed by atoms with E-state index in [9.17, 15) is 4.79 Å². The average Bonchev–Trinajstić information content (AvgIpc) is 2.93. The van der Waals surface area contributed by atoms with Crippen molar-refractivity contribution in [3.63, 3.8) is 0 Å². The third-order valence-corrected chi connectivity index (χ3v) is 3.63. The molecule has 3 nitrogen and oxygen atoms in total. The fourth-order valence-electron chi connectivity index (χ4n) is 2.37. The van der Waals surface area contributed by atoms with Gasteiger partial charge in [-0.15, -0.1) is 0 Å². The second-order valence-corrected chi connectivity index (χ2v) is 5.11. The lowest BCUT2D eigenvalue weighted by Crippen LogP contribution is -2.23. The number of hydrogen-bond donors (Lipinski definition) is 0. The van der Waals surface area contributed by atoms with Crippen molar-refractivity contribution in [1.82, 2.24) is 0 Å². The minimum atomic E-state index is -0.269. The van der Waals surface area contributed by atoms with E-state index < -0.39 is 0 Å². The molecule has 1 aliphatic rings. The second kappa shape index (κ2) is 5.10. The zero-order chi connectivity index (χ0) is 13.2. The van der Waals surface area contributed by atoms with Crippen LogP contribution in [0.3, 0.4) is 0 Å². The lowest BCUT2D eigenvalue weighted by Gasteiger charge is -2.15. The van der Waals surface area contributed by atoms with Gasteiger partial charge in [-0.3, -0.25) is 0 Å². The van der Waals surface area contributed by atoms with Crippen LogP contribution in [0.4, 0.5) is 5.69 Å². The highest BCUT2D eigenvalue weighted by Crippen LogP contribution is 2.23. The fraction of sp³-hybridized carbons (Fsp3) is 0.267. The molecule has 0 unspecified atom stereocenters. The van der Waals surface area contributed by atoms with Gasteiger partial charge >= 0.3 is 5.63 Å². The quantitative estimate of drug-likeness (QED) is 0.840. The van der Waals surface area contributed by atoms with E-state index >= 15 is 0 Å². The maximum Gasteiger partial charge on any atom is 0.360 e. The summed E-state index contributed by atoms with van der Waals surface area (Å²) in [6, 6.07) is 10.9. The first-order chi connectivity index (χ1) is 9.24. The van der Waals surface area contributed by atoms with Crippen molar-refractivity contribution in [1.29, 1.82) is 0 Å². The van der Waals surface area contributed by atoms with Gasteiger partial charge in [0, 0.05) is 23.7 Å². The minimum Gasteiger partial charge on any atom is -0.421 e. The summed E-state index contributed by atoms with van der Waals surface area (Å²) >= 11 is 5.84. The number of benzene rings is 1. The molecule has 1 fully saturated rings. The summed E-state index contributed by atoms with van der Waals surface area (Å²) < 4.78 is 5.41. The van der Waals surface area contributed by atoms with Gasteiger partial charge in [0.2, 0.25) is 0 Å². The summed E-state index contributed by atoms with van der Waals surface area (Å²) in [7, 11) is 0. The van der Waals surface area contributed by atoms with E-state index in [0.717, 1.165) is 31.5 Å². The molecule has 1 aliphatic heterocycles. The predicted molar refractivity (Wildman–Crippen MR) is 76.9 cm³/mol. The Balaban J connectivity index is 1.94. The number of rotatable bonds is 2. The summed E-state index contributed by atoms with van der Waals surface area (Å²) in [6.07, 6.45) is 2.27. The number of halogens is 1. The van der Waals surface area contributed by atoms with E-state index in [1.54, 1.807) is 12.1 Å². The van der Waals surface area contributed by atoms with E-state index in [2.05, 4.69) is 4.90 Å². The Morgan fingerprint density at radius 1 is 1.00 bits per heavy atom. The molecule has 1 saturated heterocycles. The molecule has 0 atom stereocenters. The molecule has 1 aromatic carbocycles. The van der Waals surface area contributed by atoms with Crippen LogP contribution in [0, 0.1) is 0 Å². The van der Waals surface area contributed by atoms with Crippen LogP contribution in [0.5, 0.6) is 0 Å². The lowest BCUT2D eigenvalue weighted by molar-refractivity contribution is 0.524. The first kappa shape index (κ1) is 12.3. The van der Waals surface area contributed by atoms with Crippen molar-refractivity contribution in [3.8, 4) is 11.3 Å². The Hall–Kier alpha value is -1.74. The molecule has 19 heavy (non-hydrogen) atoms. The molecule has 4 heteroatoms. The van der Waals surface area contributed by atoms with Gasteiger partial charge < -0.3 is 9.32 Å². The molecule has 0 saturated carbocycles. The molecule has 3 rings (SSSR count). The molecular formula is C15H14ClNO2. The highest BCUT2D eigenvalue weighted by molar-refractivity contribution is 6.30. The van der Waals surface area contributed by atoms with Crippen LogP contribution in [-0.4, -0.2) is 13.1 Å². The number of nitrogens with zero attached hydrogens (tertiary/aromatic N) is 1. The third-order valence-electron chi connectivity index (χ3n) is 3.38. The summed E-state index contributed by atoms with van der Waals surface area (Å²) in [5.74, 6) is 0.574. The fourth-order valence-corrected chi connectivity index (χ4v) is 2.50. The smallest absolute Gasteiger partial charge is 0.360 e. The molecule has 0 N–H and O–H groups in total. The summed E-state index contributed by atoms with van der Waals surface area (Å²) in [5, 5.41) is 0.666. The van der Waals surface area contributed by atoms with Gasteiger partial charge in [0.15, 0.2) is 0 Å². The Morgan fingerprint density at radius 3 is 2.32 bits per heavy atom. The van der Waals surface area contributed by atoms with Crippen molar-refractivity contribution in [2.45, 2.75) is 12.8 Å². The molecule has 0 aliphatic carbocycles. The standard InChI is InChI=1S/C15H14ClNO2/c16-12-5-3-11(4-6-12)14-8-7-13(15(18)19-14)17-9-1-2-10-17/h3-8H,1-2,9-10H2. The Bertz CT molecular complexity index is 627. The lowest BCUT2D eigenvalue weighted by atomic mass is 10.1. The van der Waals surface area contributed by atoms with Gasteiger partial charge in [-0.2, -0.15) is 0 Å². The normalized spacial score (nSPS) is 14.9. The van der Waals surface area contributed by atoms with Crippen molar-refractivity contribution in [2.75, 3.05) is 18.0 Å². The number of anilines is 1. The second-order valence-electron chi connectivity index (χ2n) is 4.67. The van der Waals surface area contributed by atoms with E-state index in [4.69, 9.17) is 16.0 Å². The molecule has 98 valence electrons. The van der Waals surface area contributed by atoms with Crippen molar-refractivity contribution < 1.29 is 4.42 Å². The first-order valence-corrected chi connectivity index (χ1v) is 6.77. The SMILES string of the molecule is O=c1oc(-c2ccc(Cl)cc2)ccc1N1CCCC1. The van der Waals surface area contributed by atoms with Gasteiger partial charge in [0.05, 0.1) is 0 Å². The van der Waals surface area contributed by atoms with Crippen LogP contribution in [0.15, 0.2) is 45.6 Å². The highest BCUT2D eigenvalue weighted by Gasteiger charge is 2.16. The summed E-state index contributed by atoms with van der Waals surface area (Å²) in [6.45, 7) is 1.87. The van der Waals surface area contributed by atoms with Gasteiger partial charge in [-0.25, -0.2) is 4.79 Å². The zero-order valence-electron chi connectivity index (χ0n) is 10.4. The maximum atomic E-state index is 12.0. The van der Waals surface area contributed by atoms with Gasteiger partial charge in [0.25, 0.3) is 0 Å². The molecule has 1 aromatic heterocycles. The Labute approximate surface area is 116 Å². The van der Waals surface area contributed by atoms with Gasteiger partial charge in [0.1, 0.15) is 11.4 Å². The average molecular weight is 276 g/mol. The zero-order valence-corrected chi connectivity index (χ0v) is 11.2. The van der Waals surface area contributed by atoms with Crippen molar-refractivity contribution in [3.05, 3.63) is 51.8 Å². The molecule has 0 radical (unpaired) electrons. The maximum absolute atomic E-state index is 12.0. The van der Waals surface area contributed by atoms with Crippen LogP contribution in [0.1, 0.15) is 12.8 Å². The van der Waals surface area contributed by atoms with Crippen LogP contribution >= 0.6 is 11.6 Å². The van der Waals surface area contributed by atoms with E-state index in [1.807, 2.05) is 24.3 Å². The monoisotopic (exact) mass is 275 g/mol. The molecule has 0 bridgehead atoms. The largest absolute Gasteiger partial charge is 0.421 e. The van der Waals surface area contributed by atoms with Gasteiger partial charge in [-0.1, -0.05) is 11.6 Å². The molecule has 0 spiro atoms. The van der Waals surface area contributed by atoms with Crippen LogP contribution in [-0.2, 0) is 0 Å². The summed E-state index contributed by atoms with van der Waals surface area (Å²) in [5.41, 5.74) is 1.25. The molecule has 2 heterocycles. The highest BCUT2D eigenvalue weighted by atomic mass is 35.5. The van der Waals surface area contributed by atoms with Crippen LogP contribution in [0.2, 0.25) is 5.02 Å². The molecule has 0 amide bonds. The topological polar surface area (TPSA) is 33.5 Å². The van der Waals surface area contributed by atoms with E-state index in [-0.39, 0.29) is 5.63 Å². The number of hydrogen-bond acceptors (Lipinski definition) is 3. The molecule has 2 aromatic rings. The van der Waals surface area contributed by atoms with Crippen molar-refractivity contribution >= 4 is 17.3 Å². The molecular weight excluding hydrogens is 262 g/mol. The summed E-state index contributed by atoms with van der Waals surface area (Å²) in [4.78, 5) is 14.1. The Kier molecular flexibility index (Phi) is 3.30. The third kappa shape index (κ3) is 2.51. The van der Waals surface area contributed by atoms with E-state index in [0.29, 0.717) is 16.5 Å². The van der Waals surface area contributed by atoms with Crippen molar-refractivity contribution in [2.24, 2.45) is 0 Å². The predicted octanol–water partition coefficient (Wildman–Crippen LogP) is 3.56. The van der Waals surface area contributed by atoms with Crippen LogP contribution in [0.25, 0.3) is 11.3 Å².